The van der Waals surface area contributed by atoms with Crippen LogP contribution in [0, 0.1) is 6.92 Å². The van der Waals surface area contributed by atoms with Gasteiger partial charge >= 0.3 is 0 Å². The maximum atomic E-state index is 11.8. The molecule has 6 nitrogen and oxygen atoms in total. The number of hydrogen-bond acceptors (Lipinski definition) is 3. The van der Waals surface area contributed by atoms with Crippen LogP contribution in [0.3, 0.4) is 0 Å². The van der Waals surface area contributed by atoms with Crippen molar-refractivity contribution in [3.05, 3.63) is 64.7 Å². The van der Waals surface area contributed by atoms with E-state index in [-0.39, 0.29) is 5.91 Å². The summed E-state index contributed by atoms with van der Waals surface area (Å²) < 4.78 is 5.46. The van der Waals surface area contributed by atoms with Gasteiger partial charge in [0.1, 0.15) is 5.75 Å². The number of amides is 1. The van der Waals surface area contributed by atoms with Crippen LogP contribution in [-0.2, 0) is 13.1 Å². The fourth-order valence-corrected chi connectivity index (χ4v) is 2.64. The molecule has 0 saturated carbocycles. The van der Waals surface area contributed by atoms with E-state index in [2.05, 4.69) is 33.1 Å². The number of ether oxygens (including phenoxy) is 1. The summed E-state index contributed by atoms with van der Waals surface area (Å²) in [5.74, 6) is 1.47. The van der Waals surface area contributed by atoms with Crippen LogP contribution in [0.25, 0.3) is 0 Å². The van der Waals surface area contributed by atoms with E-state index in [1.165, 1.54) is 0 Å². The molecule has 0 heterocycles. The Morgan fingerprint density at radius 2 is 1.96 bits per heavy atom. The van der Waals surface area contributed by atoms with Crippen LogP contribution in [0.15, 0.2) is 47.5 Å². The summed E-state index contributed by atoms with van der Waals surface area (Å²) in [6.45, 7) is 5.90. The summed E-state index contributed by atoms with van der Waals surface area (Å²) in [4.78, 5) is 16.4. The lowest BCUT2D eigenvalue weighted by Crippen LogP contribution is -2.36. The molecule has 2 rings (SSSR count). The summed E-state index contributed by atoms with van der Waals surface area (Å²) in [5, 5.41) is 9.20. The van der Waals surface area contributed by atoms with E-state index < -0.39 is 0 Å². The first-order chi connectivity index (χ1) is 13.1. The highest BCUT2D eigenvalue weighted by molar-refractivity contribution is 5.94. The molecule has 2 aromatic carbocycles. The molecule has 0 aliphatic rings. The molecule has 2 aromatic rings. The Balaban J connectivity index is 2.07. The number of methoxy groups -OCH3 is 1. The zero-order valence-electron chi connectivity index (χ0n) is 16.4. The van der Waals surface area contributed by atoms with Gasteiger partial charge in [0, 0.05) is 31.3 Å². The Morgan fingerprint density at radius 1 is 1.15 bits per heavy atom. The summed E-state index contributed by atoms with van der Waals surface area (Å²) in [6, 6.07) is 13.6. The molecule has 0 saturated heterocycles. The second kappa shape index (κ2) is 10.2. The Hall–Kier alpha value is -3.02. The Bertz CT molecular complexity index is 803. The number of benzene rings is 2. The normalized spacial score (nSPS) is 11.0. The van der Waals surface area contributed by atoms with Crippen LogP contribution < -0.4 is 20.7 Å². The molecule has 0 atom stereocenters. The molecule has 3 N–H and O–H groups in total. The summed E-state index contributed by atoms with van der Waals surface area (Å²) in [6.07, 6.45) is 0. The predicted molar refractivity (Wildman–Crippen MR) is 109 cm³/mol. The fraction of sp³-hybridized carbons (Fsp3) is 0.333. The third kappa shape index (κ3) is 6.02. The van der Waals surface area contributed by atoms with Crippen LogP contribution in [0.5, 0.6) is 5.75 Å². The molecule has 0 radical (unpaired) electrons. The van der Waals surface area contributed by atoms with Crippen molar-refractivity contribution in [2.45, 2.75) is 26.9 Å². The first-order valence-electron chi connectivity index (χ1n) is 9.04. The van der Waals surface area contributed by atoms with Gasteiger partial charge in [-0.2, -0.15) is 0 Å². The van der Waals surface area contributed by atoms with Crippen LogP contribution >= 0.6 is 0 Å². The Morgan fingerprint density at radius 3 is 2.67 bits per heavy atom. The van der Waals surface area contributed by atoms with Crippen molar-refractivity contribution >= 4 is 11.9 Å². The van der Waals surface area contributed by atoms with Gasteiger partial charge in [0.25, 0.3) is 5.91 Å². The van der Waals surface area contributed by atoms with E-state index in [1.807, 2.05) is 38.1 Å². The van der Waals surface area contributed by atoms with E-state index in [0.717, 1.165) is 29.0 Å². The number of carbonyl (C=O) groups excluding carboxylic acids is 1. The Kier molecular flexibility index (Phi) is 7.67. The molecule has 6 heteroatoms. The minimum Gasteiger partial charge on any atom is -0.496 e. The summed E-state index contributed by atoms with van der Waals surface area (Å²) in [5.41, 5.74) is 3.83. The lowest BCUT2D eigenvalue weighted by Gasteiger charge is -2.14. The van der Waals surface area contributed by atoms with E-state index in [9.17, 15) is 4.79 Å². The highest BCUT2D eigenvalue weighted by atomic mass is 16.5. The molecular formula is C21H28N4O2. The molecule has 1 amide bonds. The van der Waals surface area contributed by atoms with Crippen molar-refractivity contribution < 1.29 is 9.53 Å². The minimum atomic E-state index is -0.0997. The maximum Gasteiger partial charge on any atom is 0.251 e. The molecule has 0 unspecified atom stereocenters. The van der Waals surface area contributed by atoms with Crippen LogP contribution in [0.4, 0.5) is 0 Å². The number of nitrogens with one attached hydrogen (secondary N) is 3. The lowest BCUT2D eigenvalue weighted by atomic mass is 10.1. The topological polar surface area (TPSA) is 74.8 Å². The van der Waals surface area contributed by atoms with E-state index in [4.69, 9.17) is 4.74 Å². The van der Waals surface area contributed by atoms with Crippen molar-refractivity contribution in [2.75, 3.05) is 20.7 Å². The molecule has 144 valence electrons. The van der Waals surface area contributed by atoms with Crippen molar-refractivity contribution in [3.63, 3.8) is 0 Å². The zero-order valence-corrected chi connectivity index (χ0v) is 16.4. The highest BCUT2D eigenvalue weighted by Gasteiger charge is 2.06. The standard InChI is InChI=1S/C21H28N4O2/c1-5-23-21(25-14-18-10-9-15(2)11-19(18)27-4)24-13-16-7-6-8-17(12-16)20(26)22-3/h6-12H,5,13-14H2,1-4H3,(H,22,26)(H2,23,24,25). The largest absolute Gasteiger partial charge is 0.496 e. The molecule has 0 bridgehead atoms. The number of aryl methyl sites for hydroxylation is 1. The first kappa shape index (κ1) is 20.3. The molecule has 27 heavy (non-hydrogen) atoms. The third-order valence-corrected chi connectivity index (χ3v) is 4.07. The van der Waals surface area contributed by atoms with Gasteiger partial charge in [-0.25, -0.2) is 4.99 Å². The zero-order chi connectivity index (χ0) is 19.6. The Labute approximate surface area is 161 Å². The number of rotatable bonds is 7. The number of hydrogen-bond donors (Lipinski definition) is 3. The van der Waals surface area contributed by atoms with Crippen molar-refractivity contribution in [1.82, 2.24) is 16.0 Å². The average molecular weight is 368 g/mol. The summed E-state index contributed by atoms with van der Waals surface area (Å²) >= 11 is 0. The van der Waals surface area contributed by atoms with E-state index in [0.29, 0.717) is 24.6 Å². The minimum absolute atomic E-state index is 0.0997. The number of nitrogens with zero attached hydrogens (tertiary/aromatic N) is 1. The van der Waals surface area contributed by atoms with Gasteiger partial charge in [0.2, 0.25) is 0 Å². The SMILES string of the molecule is CCNC(=NCc1cccc(C(=O)NC)c1)NCc1ccc(C)cc1OC. The van der Waals surface area contributed by atoms with Crippen molar-refractivity contribution in [3.8, 4) is 5.75 Å². The second-order valence-electron chi connectivity index (χ2n) is 6.14. The number of carbonyl (C=O) groups is 1. The maximum absolute atomic E-state index is 11.8. The van der Waals surface area contributed by atoms with Crippen molar-refractivity contribution in [2.24, 2.45) is 4.99 Å². The average Bonchev–Trinajstić information content (AvgIpc) is 2.70. The van der Waals surface area contributed by atoms with Crippen LogP contribution in [0.2, 0.25) is 0 Å². The molecule has 0 aliphatic heterocycles. The first-order valence-corrected chi connectivity index (χ1v) is 9.04. The van der Waals surface area contributed by atoms with Gasteiger partial charge in [-0.1, -0.05) is 24.3 Å². The predicted octanol–water partition coefficient (Wildman–Crippen LogP) is 2.62. The van der Waals surface area contributed by atoms with Crippen molar-refractivity contribution in [1.29, 1.82) is 0 Å². The van der Waals surface area contributed by atoms with E-state index >= 15 is 0 Å². The number of aliphatic imine (C=N–C) groups is 1. The second-order valence-corrected chi connectivity index (χ2v) is 6.14. The molecule has 0 aliphatic carbocycles. The van der Waals surface area contributed by atoms with Gasteiger partial charge in [0.05, 0.1) is 13.7 Å². The monoisotopic (exact) mass is 368 g/mol. The van der Waals surface area contributed by atoms with Gasteiger partial charge < -0.3 is 20.7 Å². The molecule has 0 aromatic heterocycles. The van der Waals surface area contributed by atoms with Gasteiger partial charge in [-0.3, -0.25) is 4.79 Å². The summed E-state index contributed by atoms with van der Waals surface area (Å²) in [7, 11) is 3.30. The van der Waals surface area contributed by atoms with Crippen LogP contribution in [0.1, 0.15) is 34.0 Å². The van der Waals surface area contributed by atoms with Crippen LogP contribution in [-0.4, -0.2) is 32.6 Å². The van der Waals surface area contributed by atoms with Gasteiger partial charge in [-0.05, 0) is 43.2 Å². The fourth-order valence-electron chi connectivity index (χ4n) is 2.64. The number of guanidine groups is 1. The lowest BCUT2D eigenvalue weighted by molar-refractivity contribution is 0.0963. The highest BCUT2D eigenvalue weighted by Crippen LogP contribution is 2.19. The third-order valence-electron chi connectivity index (χ3n) is 4.07. The van der Waals surface area contributed by atoms with Gasteiger partial charge in [0.15, 0.2) is 5.96 Å². The molecule has 0 spiro atoms. The smallest absolute Gasteiger partial charge is 0.251 e. The van der Waals surface area contributed by atoms with Gasteiger partial charge in [-0.15, -0.1) is 0 Å². The molecular weight excluding hydrogens is 340 g/mol. The van der Waals surface area contributed by atoms with E-state index in [1.54, 1.807) is 20.2 Å². The molecule has 0 fully saturated rings. The quantitative estimate of drug-likeness (QED) is 0.519.